The van der Waals surface area contributed by atoms with Crippen molar-refractivity contribution < 1.29 is 23.1 Å². The summed E-state index contributed by atoms with van der Waals surface area (Å²) < 4.78 is 33.9. The molecule has 32 heavy (non-hydrogen) atoms. The van der Waals surface area contributed by atoms with Gasteiger partial charge in [-0.25, -0.2) is 8.78 Å². The second-order valence-corrected chi connectivity index (χ2v) is 8.31. The van der Waals surface area contributed by atoms with Gasteiger partial charge in [0.25, 0.3) is 11.8 Å². The van der Waals surface area contributed by atoms with Gasteiger partial charge in [-0.05, 0) is 18.9 Å². The molecule has 0 aliphatic carbocycles. The largest absolute Gasteiger partial charge is 0.491 e. The summed E-state index contributed by atoms with van der Waals surface area (Å²) >= 11 is 0. The Kier molecular flexibility index (Phi) is 4.96. The van der Waals surface area contributed by atoms with Crippen molar-refractivity contribution in [2.24, 2.45) is 0 Å². The average molecular weight is 444 g/mol. The minimum atomic E-state index is -0.794. The smallest absolute Gasteiger partial charge is 0.276 e. The first-order valence-corrected chi connectivity index (χ1v) is 10.5. The van der Waals surface area contributed by atoms with Crippen LogP contribution in [0.1, 0.15) is 39.3 Å². The number of carbonyl (C=O) groups excluding carboxylic acids is 2. The van der Waals surface area contributed by atoms with Gasteiger partial charge >= 0.3 is 0 Å². The molecular formula is C22H22F2N4O4. The van der Waals surface area contributed by atoms with Gasteiger partial charge in [0.2, 0.25) is 5.43 Å². The first-order valence-electron chi connectivity index (χ1n) is 10.5. The standard InChI is InChI=1S/C22H22F2N4O4/c1-32-20-18-22(31)28-14-3-2-6-26(9-14)17(28)11-27(18)10-15(19(20)29)21(30)25-8-12-4-5-13(23)7-16(12)24/h4-5,7,10,14,17H,2-3,6,8-9,11H2,1H3,(H,25,30)/t14-,17?/m1/s1. The van der Waals surface area contributed by atoms with Crippen LogP contribution in [0.15, 0.2) is 29.2 Å². The number of piperidine rings is 1. The van der Waals surface area contributed by atoms with Crippen molar-refractivity contribution in [1.82, 2.24) is 19.7 Å². The first-order chi connectivity index (χ1) is 15.4. The second kappa shape index (κ2) is 7.70. The fraction of sp³-hybridized carbons (Fsp3) is 0.409. The van der Waals surface area contributed by atoms with E-state index in [1.165, 1.54) is 19.4 Å². The lowest BCUT2D eigenvalue weighted by atomic mass is 10.1. The van der Waals surface area contributed by atoms with Crippen molar-refractivity contribution in [2.45, 2.75) is 38.1 Å². The number of hydrogen-bond acceptors (Lipinski definition) is 5. The molecule has 2 unspecified atom stereocenters. The first kappa shape index (κ1) is 20.6. The van der Waals surface area contributed by atoms with E-state index < -0.39 is 23.0 Å². The maximum Gasteiger partial charge on any atom is 0.276 e. The predicted molar refractivity (Wildman–Crippen MR) is 109 cm³/mol. The van der Waals surface area contributed by atoms with E-state index in [4.69, 9.17) is 4.74 Å². The Bertz CT molecular complexity index is 1180. The maximum atomic E-state index is 13.9. The zero-order valence-corrected chi connectivity index (χ0v) is 17.4. The molecule has 3 aliphatic rings. The number of aromatic nitrogens is 1. The van der Waals surface area contributed by atoms with Crippen LogP contribution in [0.5, 0.6) is 5.75 Å². The highest BCUT2D eigenvalue weighted by Crippen LogP contribution is 2.35. The zero-order valence-electron chi connectivity index (χ0n) is 17.4. The van der Waals surface area contributed by atoms with Crippen LogP contribution in [0.25, 0.3) is 0 Å². The van der Waals surface area contributed by atoms with Gasteiger partial charge in [0.05, 0.1) is 13.7 Å². The van der Waals surface area contributed by atoms with Crippen molar-refractivity contribution in [1.29, 1.82) is 0 Å². The summed E-state index contributed by atoms with van der Waals surface area (Å²) in [6.07, 6.45) is 3.17. The lowest BCUT2D eigenvalue weighted by molar-refractivity contribution is 0.0484. The monoisotopic (exact) mass is 444 g/mol. The lowest BCUT2D eigenvalue weighted by Crippen LogP contribution is -2.51. The molecule has 0 radical (unpaired) electrons. The van der Waals surface area contributed by atoms with Crippen LogP contribution in [-0.4, -0.2) is 58.6 Å². The van der Waals surface area contributed by atoms with Gasteiger partial charge in [-0.3, -0.25) is 19.3 Å². The minimum Gasteiger partial charge on any atom is -0.491 e. The minimum absolute atomic E-state index is 0.0848. The van der Waals surface area contributed by atoms with Crippen LogP contribution in [0.4, 0.5) is 8.78 Å². The van der Waals surface area contributed by atoms with E-state index >= 15 is 0 Å². The van der Waals surface area contributed by atoms with Crippen LogP contribution in [0.2, 0.25) is 0 Å². The molecule has 2 bridgehead atoms. The molecule has 168 valence electrons. The van der Waals surface area contributed by atoms with E-state index in [1.807, 2.05) is 4.90 Å². The van der Waals surface area contributed by atoms with E-state index in [1.54, 1.807) is 4.57 Å². The van der Waals surface area contributed by atoms with Crippen molar-refractivity contribution in [3.8, 4) is 5.75 Å². The van der Waals surface area contributed by atoms with Crippen molar-refractivity contribution in [3.63, 3.8) is 0 Å². The average Bonchev–Trinajstić information content (AvgIpc) is 3.02. The molecule has 1 aromatic heterocycles. The Balaban J connectivity index is 1.47. The van der Waals surface area contributed by atoms with E-state index in [2.05, 4.69) is 10.2 Å². The van der Waals surface area contributed by atoms with Gasteiger partial charge in [-0.1, -0.05) is 6.07 Å². The third-order valence-corrected chi connectivity index (χ3v) is 6.50. The molecule has 10 heteroatoms. The van der Waals surface area contributed by atoms with Gasteiger partial charge in [-0.15, -0.1) is 0 Å². The summed E-state index contributed by atoms with van der Waals surface area (Å²) in [5.41, 5.74) is -0.680. The van der Waals surface area contributed by atoms with Gasteiger partial charge in [-0.2, -0.15) is 0 Å². The molecule has 4 heterocycles. The molecule has 2 saturated heterocycles. The molecule has 8 nitrogen and oxygen atoms in total. The Morgan fingerprint density at radius 2 is 2.06 bits per heavy atom. The normalized spacial score (nSPS) is 23.5. The zero-order chi connectivity index (χ0) is 22.6. The molecule has 1 aromatic carbocycles. The molecule has 3 atom stereocenters. The molecule has 2 fully saturated rings. The number of carbonyl (C=O) groups is 2. The predicted octanol–water partition coefficient (Wildman–Crippen LogP) is 1.32. The van der Waals surface area contributed by atoms with E-state index in [0.717, 1.165) is 38.1 Å². The van der Waals surface area contributed by atoms with E-state index in [9.17, 15) is 23.2 Å². The van der Waals surface area contributed by atoms with E-state index in [0.29, 0.717) is 6.54 Å². The van der Waals surface area contributed by atoms with Gasteiger partial charge < -0.3 is 19.5 Å². The summed E-state index contributed by atoms with van der Waals surface area (Å²) in [5.74, 6) is -2.69. The number of methoxy groups -OCH3 is 1. The molecule has 0 spiro atoms. The summed E-state index contributed by atoms with van der Waals surface area (Å²) in [7, 11) is 1.29. The lowest BCUT2D eigenvalue weighted by Gasteiger charge is -2.36. The third-order valence-electron chi connectivity index (χ3n) is 6.50. The molecule has 2 amide bonds. The highest BCUT2D eigenvalue weighted by Gasteiger charge is 2.48. The number of nitrogens with zero attached hydrogens (tertiary/aromatic N) is 3. The van der Waals surface area contributed by atoms with Crippen LogP contribution in [0, 0.1) is 11.6 Å². The number of halogens is 2. The quantitative estimate of drug-likeness (QED) is 0.769. The van der Waals surface area contributed by atoms with Crippen LogP contribution in [0.3, 0.4) is 0 Å². The Labute approximate surface area is 182 Å². The van der Waals surface area contributed by atoms with Crippen molar-refractivity contribution in [2.75, 3.05) is 20.2 Å². The summed E-state index contributed by atoms with van der Waals surface area (Å²) in [6.45, 7) is 1.89. The fourth-order valence-electron chi connectivity index (χ4n) is 4.99. The van der Waals surface area contributed by atoms with Gasteiger partial charge in [0.1, 0.15) is 23.4 Å². The summed E-state index contributed by atoms with van der Waals surface area (Å²) in [4.78, 5) is 43.2. The Hall–Kier alpha value is -3.27. The van der Waals surface area contributed by atoms with Crippen molar-refractivity contribution >= 4 is 11.8 Å². The number of rotatable bonds is 4. The number of nitrogens with one attached hydrogen (secondary N) is 1. The third kappa shape index (κ3) is 3.17. The highest BCUT2D eigenvalue weighted by molar-refractivity contribution is 5.99. The Morgan fingerprint density at radius 1 is 1.25 bits per heavy atom. The topological polar surface area (TPSA) is 83.9 Å². The second-order valence-electron chi connectivity index (χ2n) is 8.31. The van der Waals surface area contributed by atoms with Crippen molar-refractivity contribution in [3.05, 3.63) is 63.1 Å². The van der Waals surface area contributed by atoms with Gasteiger partial charge in [0, 0.05) is 43.5 Å². The molecular weight excluding hydrogens is 422 g/mol. The SMILES string of the molecule is COc1c2n(cc(C(=O)NCc3ccc(F)cc3F)c1=O)CC1N3CCC[C@H](C3)N1C2=O. The number of hydrogen-bond donors (Lipinski definition) is 1. The maximum absolute atomic E-state index is 13.9. The van der Waals surface area contributed by atoms with Crippen LogP contribution in [-0.2, 0) is 13.1 Å². The number of fused-ring (bicyclic) bond motifs is 6. The summed E-state index contributed by atoms with van der Waals surface area (Å²) in [6, 6.07) is 3.16. The number of amides is 2. The van der Waals surface area contributed by atoms with Gasteiger partial charge in [0.15, 0.2) is 11.4 Å². The van der Waals surface area contributed by atoms with E-state index in [-0.39, 0.29) is 47.2 Å². The van der Waals surface area contributed by atoms with Crippen LogP contribution >= 0.6 is 0 Å². The molecule has 0 saturated carbocycles. The highest BCUT2D eigenvalue weighted by atomic mass is 19.1. The molecule has 5 rings (SSSR count). The Morgan fingerprint density at radius 3 is 2.81 bits per heavy atom. The summed E-state index contributed by atoms with van der Waals surface area (Å²) in [5, 5.41) is 2.49. The number of ether oxygens (including phenoxy) is 1. The molecule has 3 aliphatic heterocycles. The molecule has 2 aromatic rings. The number of pyridine rings is 1. The van der Waals surface area contributed by atoms with Crippen LogP contribution < -0.4 is 15.5 Å². The number of benzene rings is 1. The molecule has 1 N–H and O–H groups in total. The fourth-order valence-corrected chi connectivity index (χ4v) is 4.99.